The molecule has 2 rings (SSSR count). The average Bonchev–Trinajstić information content (AvgIpc) is 3.25. The van der Waals surface area contributed by atoms with Gasteiger partial charge < -0.3 is 19.9 Å². The summed E-state index contributed by atoms with van der Waals surface area (Å²) in [5.41, 5.74) is 0.785. The largest absolute Gasteiger partial charge is 0.497 e. The quantitative estimate of drug-likeness (QED) is 0.812. The summed E-state index contributed by atoms with van der Waals surface area (Å²) in [5, 5.41) is 11.5. The minimum atomic E-state index is -0.913. The van der Waals surface area contributed by atoms with Crippen molar-refractivity contribution in [3.63, 3.8) is 0 Å². The van der Waals surface area contributed by atoms with Crippen LogP contribution in [0.15, 0.2) is 18.2 Å². The Morgan fingerprint density at radius 1 is 1.30 bits per heavy atom. The monoisotopic (exact) mass is 279 g/mol. The average molecular weight is 279 g/mol. The van der Waals surface area contributed by atoms with Gasteiger partial charge in [-0.15, -0.1) is 0 Å². The predicted molar refractivity (Wildman–Crippen MR) is 70.6 cm³/mol. The Labute approximate surface area is 116 Å². The van der Waals surface area contributed by atoms with E-state index in [2.05, 4.69) is 5.32 Å². The molecule has 0 saturated heterocycles. The second kappa shape index (κ2) is 5.81. The van der Waals surface area contributed by atoms with E-state index < -0.39 is 17.8 Å². The van der Waals surface area contributed by atoms with Gasteiger partial charge >= 0.3 is 5.97 Å². The van der Waals surface area contributed by atoms with E-state index in [0.717, 1.165) is 5.56 Å². The van der Waals surface area contributed by atoms with Crippen molar-refractivity contribution in [3.8, 4) is 11.5 Å². The van der Waals surface area contributed by atoms with Gasteiger partial charge in [0, 0.05) is 12.1 Å². The van der Waals surface area contributed by atoms with Gasteiger partial charge in [-0.2, -0.15) is 0 Å². The third kappa shape index (κ3) is 3.01. The van der Waals surface area contributed by atoms with Crippen LogP contribution in [0.4, 0.5) is 0 Å². The van der Waals surface area contributed by atoms with E-state index in [4.69, 9.17) is 14.6 Å². The Balaban J connectivity index is 1.97. The van der Waals surface area contributed by atoms with E-state index in [9.17, 15) is 9.59 Å². The number of aliphatic carboxylic acids is 1. The summed E-state index contributed by atoms with van der Waals surface area (Å²) in [7, 11) is 3.11. The number of nitrogens with one attached hydrogen (secondary N) is 1. The summed E-state index contributed by atoms with van der Waals surface area (Å²) in [6, 6.07) is 5.31. The minimum absolute atomic E-state index is 0.234. The van der Waals surface area contributed by atoms with Gasteiger partial charge in [0.15, 0.2) is 0 Å². The van der Waals surface area contributed by atoms with Crippen LogP contribution in [0.5, 0.6) is 11.5 Å². The van der Waals surface area contributed by atoms with Crippen molar-refractivity contribution in [1.82, 2.24) is 5.32 Å². The van der Waals surface area contributed by atoms with Crippen molar-refractivity contribution in [3.05, 3.63) is 23.8 Å². The zero-order valence-corrected chi connectivity index (χ0v) is 11.4. The normalized spacial score (nSPS) is 20.1. The summed E-state index contributed by atoms with van der Waals surface area (Å²) in [5.74, 6) is -0.778. The molecule has 20 heavy (non-hydrogen) atoms. The first-order chi connectivity index (χ1) is 9.56. The molecule has 0 aliphatic heterocycles. The molecule has 1 aliphatic carbocycles. The Kier molecular flexibility index (Phi) is 4.12. The minimum Gasteiger partial charge on any atom is -0.497 e. The van der Waals surface area contributed by atoms with Crippen molar-refractivity contribution in [2.45, 2.75) is 13.0 Å². The number of rotatable bonds is 6. The number of carboxylic acid groups (broad SMARTS) is 1. The van der Waals surface area contributed by atoms with Crippen LogP contribution in [0.25, 0.3) is 0 Å². The molecule has 6 nitrogen and oxygen atoms in total. The topological polar surface area (TPSA) is 84.9 Å². The molecule has 0 heterocycles. The lowest BCUT2D eigenvalue weighted by Crippen LogP contribution is -2.26. The van der Waals surface area contributed by atoms with Gasteiger partial charge in [0.05, 0.1) is 26.1 Å². The van der Waals surface area contributed by atoms with Crippen molar-refractivity contribution in [2.75, 3.05) is 14.2 Å². The lowest BCUT2D eigenvalue weighted by molar-refractivity contribution is -0.140. The SMILES string of the molecule is COc1ccc(OC)c(CNC(=O)C2CC2C(=O)O)c1. The van der Waals surface area contributed by atoms with Crippen LogP contribution in [0, 0.1) is 11.8 Å². The first-order valence-corrected chi connectivity index (χ1v) is 6.28. The Hall–Kier alpha value is -2.24. The molecule has 1 aliphatic rings. The highest BCUT2D eigenvalue weighted by Crippen LogP contribution is 2.38. The van der Waals surface area contributed by atoms with Crippen molar-refractivity contribution >= 4 is 11.9 Å². The van der Waals surface area contributed by atoms with E-state index in [-0.39, 0.29) is 12.5 Å². The molecule has 0 bridgehead atoms. The van der Waals surface area contributed by atoms with Crippen molar-refractivity contribution in [1.29, 1.82) is 0 Å². The maximum atomic E-state index is 11.8. The zero-order valence-electron chi connectivity index (χ0n) is 11.4. The van der Waals surface area contributed by atoms with E-state index in [1.807, 2.05) is 0 Å². The van der Waals surface area contributed by atoms with E-state index in [1.54, 1.807) is 32.4 Å². The number of carboxylic acids is 1. The summed E-state index contributed by atoms with van der Waals surface area (Å²) in [4.78, 5) is 22.5. The van der Waals surface area contributed by atoms with Crippen LogP contribution in [-0.4, -0.2) is 31.2 Å². The lowest BCUT2D eigenvalue weighted by atomic mass is 10.2. The number of ether oxygens (including phenoxy) is 2. The van der Waals surface area contributed by atoms with E-state index in [0.29, 0.717) is 17.9 Å². The van der Waals surface area contributed by atoms with Crippen LogP contribution in [-0.2, 0) is 16.1 Å². The molecule has 108 valence electrons. The van der Waals surface area contributed by atoms with E-state index in [1.165, 1.54) is 0 Å². The molecule has 6 heteroatoms. The molecule has 0 spiro atoms. The number of carbonyl (C=O) groups excluding carboxylic acids is 1. The van der Waals surface area contributed by atoms with Crippen molar-refractivity contribution in [2.24, 2.45) is 11.8 Å². The summed E-state index contributed by atoms with van der Waals surface area (Å²) in [6.45, 7) is 0.280. The smallest absolute Gasteiger partial charge is 0.307 e. The van der Waals surface area contributed by atoms with Crippen LogP contribution in [0.1, 0.15) is 12.0 Å². The Morgan fingerprint density at radius 2 is 2.05 bits per heavy atom. The zero-order chi connectivity index (χ0) is 14.7. The number of hydrogen-bond donors (Lipinski definition) is 2. The highest BCUT2D eigenvalue weighted by Gasteiger charge is 2.48. The van der Waals surface area contributed by atoms with Gasteiger partial charge in [0.1, 0.15) is 11.5 Å². The maximum absolute atomic E-state index is 11.8. The third-order valence-electron chi connectivity index (χ3n) is 3.39. The molecular weight excluding hydrogens is 262 g/mol. The van der Waals surface area contributed by atoms with Gasteiger partial charge in [-0.1, -0.05) is 0 Å². The molecule has 2 atom stereocenters. The van der Waals surface area contributed by atoms with Crippen LogP contribution in [0.2, 0.25) is 0 Å². The first kappa shape index (κ1) is 14.2. The molecule has 1 fully saturated rings. The molecular formula is C14H17NO5. The standard InChI is InChI=1S/C14H17NO5/c1-19-9-3-4-12(20-2)8(5-9)7-15-13(16)10-6-11(10)14(17)18/h3-5,10-11H,6-7H2,1-2H3,(H,15,16)(H,17,18). The Bertz CT molecular complexity index is 528. The third-order valence-corrected chi connectivity index (χ3v) is 3.39. The second-order valence-corrected chi connectivity index (χ2v) is 4.68. The van der Waals surface area contributed by atoms with Crippen LogP contribution in [0.3, 0.4) is 0 Å². The fraction of sp³-hybridized carbons (Fsp3) is 0.429. The number of amides is 1. The fourth-order valence-electron chi connectivity index (χ4n) is 2.09. The molecule has 1 amide bonds. The highest BCUT2D eigenvalue weighted by molar-refractivity contribution is 5.89. The summed E-state index contributed by atoms with van der Waals surface area (Å²) >= 11 is 0. The predicted octanol–water partition coefficient (Wildman–Crippen LogP) is 1.04. The summed E-state index contributed by atoms with van der Waals surface area (Å²) in [6.07, 6.45) is 0.413. The number of hydrogen-bond acceptors (Lipinski definition) is 4. The van der Waals surface area contributed by atoms with Gasteiger partial charge in [0.2, 0.25) is 5.91 Å². The maximum Gasteiger partial charge on any atom is 0.307 e. The molecule has 2 unspecified atom stereocenters. The number of carbonyl (C=O) groups is 2. The number of methoxy groups -OCH3 is 2. The molecule has 0 aromatic heterocycles. The molecule has 1 saturated carbocycles. The first-order valence-electron chi connectivity index (χ1n) is 6.28. The fourth-order valence-corrected chi connectivity index (χ4v) is 2.09. The van der Waals surface area contributed by atoms with Crippen LogP contribution < -0.4 is 14.8 Å². The van der Waals surface area contributed by atoms with Gasteiger partial charge in [-0.05, 0) is 24.6 Å². The molecule has 2 N–H and O–H groups in total. The van der Waals surface area contributed by atoms with Gasteiger partial charge in [-0.25, -0.2) is 0 Å². The lowest BCUT2D eigenvalue weighted by Gasteiger charge is -2.11. The summed E-state index contributed by atoms with van der Waals surface area (Å²) < 4.78 is 10.3. The molecule has 1 aromatic carbocycles. The molecule has 0 radical (unpaired) electrons. The molecule has 1 aromatic rings. The van der Waals surface area contributed by atoms with Gasteiger partial charge in [0.25, 0.3) is 0 Å². The Morgan fingerprint density at radius 3 is 2.60 bits per heavy atom. The van der Waals surface area contributed by atoms with Gasteiger partial charge in [-0.3, -0.25) is 9.59 Å². The van der Waals surface area contributed by atoms with E-state index >= 15 is 0 Å². The van der Waals surface area contributed by atoms with Crippen LogP contribution >= 0.6 is 0 Å². The number of benzene rings is 1. The second-order valence-electron chi connectivity index (χ2n) is 4.68. The highest BCUT2D eigenvalue weighted by atomic mass is 16.5. The van der Waals surface area contributed by atoms with Crippen molar-refractivity contribution < 1.29 is 24.2 Å².